The highest BCUT2D eigenvalue weighted by atomic mass is 32.2. The van der Waals surface area contributed by atoms with Crippen LogP contribution < -0.4 is 20.1 Å². The van der Waals surface area contributed by atoms with Crippen molar-refractivity contribution in [2.45, 2.75) is 94.2 Å². The lowest BCUT2D eigenvalue weighted by Gasteiger charge is -2.31. The molecule has 3 amide bonds. The zero-order valence-corrected chi connectivity index (χ0v) is 32.6. The van der Waals surface area contributed by atoms with Crippen LogP contribution in [-0.4, -0.2) is 76.5 Å². The van der Waals surface area contributed by atoms with E-state index >= 15 is 0 Å². The second-order valence-electron chi connectivity index (χ2n) is 15.6. The Kier molecular flexibility index (Phi) is 9.91. The lowest BCUT2D eigenvalue weighted by molar-refractivity contribution is -0.140. The van der Waals surface area contributed by atoms with Gasteiger partial charge in [-0.05, 0) is 68.6 Å². The molecule has 0 spiro atoms. The Labute approximate surface area is 325 Å². The summed E-state index contributed by atoms with van der Waals surface area (Å²) in [6, 6.07) is 16.3. The van der Waals surface area contributed by atoms with Gasteiger partial charge in [-0.15, -0.1) is 17.9 Å². The number of benzene rings is 2. The largest absolute Gasteiger partial charge is 0.488 e. The van der Waals surface area contributed by atoms with Crippen LogP contribution >= 0.6 is 11.3 Å². The van der Waals surface area contributed by atoms with Gasteiger partial charge >= 0.3 is 0 Å². The normalized spacial score (nSPS) is 25.4. The Morgan fingerprint density at radius 1 is 1.09 bits per heavy atom. The van der Waals surface area contributed by atoms with E-state index in [1.54, 1.807) is 11.0 Å². The first kappa shape index (κ1) is 37.1. The van der Waals surface area contributed by atoms with Gasteiger partial charge in [0.1, 0.15) is 29.5 Å². The average Bonchev–Trinajstić information content (AvgIpc) is 4.06. The number of fused-ring (bicyclic) bond motifs is 5. The number of anilines is 1. The van der Waals surface area contributed by atoms with Crippen molar-refractivity contribution in [2.24, 2.45) is 11.8 Å². The molecular weight excluding hydrogens is 737 g/mol. The molecule has 5 atom stereocenters. The number of carbonyl (C=O) groups is 3. The van der Waals surface area contributed by atoms with Gasteiger partial charge in [0, 0.05) is 34.7 Å². The van der Waals surface area contributed by atoms with Crippen LogP contribution in [0.1, 0.15) is 63.6 Å². The molecule has 4 heterocycles. The van der Waals surface area contributed by atoms with E-state index < -0.39 is 56.7 Å². The topological polar surface area (TPSA) is 160 Å². The van der Waals surface area contributed by atoms with Crippen molar-refractivity contribution >= 4 is 55.1 Å². The maximum atomic E-state index is 14.7. The van der Waals surface area contributed by atoms with E-state index in [1.165, 1.54) is 11.3 Å². The molecule has 3 fully saturated rings. The van der Waals surface area contributed by atoms with Gasteiger partial charge in [0.2, 0.25) is 21.8 Å². The van der Waals surface area contributed by atoms with Gasteiger partial charge in [-0.1, -0.05) is 56.3 Å². The minimum Gasteiger partial charge on any atom is -0.488 e. The third kappa shape index (κ3) is 7.58. The number of sulfonamides is 1. The van der Waals surface area contributed by atoms with E-state index in [-0.39, 0.29) is 31.2 Å². The fourth-order valence-corrected chi connectivity index (χ4v) is 9.92. The number of thiazole rings is 1. The van der Waals surface area contributed by atoms with Gasteiger partial charge in [0.25, 0.3) is 5.91 Å². The number of aryl methyl sites for hydroxylation is 2. The van der Waals surface area contributed by atoms with Crippen LogP contribution in [-0.2, 0) is 37.2 Å². The number of hydrogen-bond donors (Lipinski definition) is 3. The molecule has 3 N–H and O–H groups in total. The lowest BCUT2D eigenvalue weighted by atomic mass is 10.0. The molecule has 2 aliphatic heterocycles. The lowest BCUT2D eigenvalue weighted by Crippen LogP contribution is -2.58. The van der Waals surface area contributed by atoms with Gasteiger partial charge in [-0.2, -0.15) is 0 Å². The Balaban J connectivity index is 1.16. The summed E-state index contributed by atoms with van der Waals surface area (Å²) in [7, 11) is -3.87. The highest BCUT2D eigenvalue weighted by Crippen LogP contribution is 2.46. The fourth-order valence-electron chi connectivity index (χ4n) is 7.77. The van der Waals surface area contributed by atoms with Crippen molar-refractivity contribution < 1.29 is 27.5 Å². The summed E-state index contributed by atoms with van der Waals surface area (Å²) in [5.74, 6) is -1.66. The van der Waals surface area contributed by atoms with Gasteiger partial charge in [-0.3, -0.25) is 19.1 Å². The molecule has 0 radical (unpaired) electrons. The minimum atomic E-state index is -3.87. The van der Waals surface area contributed by atoms with Crippen molar-refractivity contribution in [1.29, 1.82) is 0 Å². The van der Waals surface area contributed by atoms with Crippen LogP contribution in [0.25, 0.3) is 22.2 Å². The molecule has 0 unspecified atom stereocenters. The van der Waals surface area contributed by atoms with Crippen molar-refractivity contribution in [3.63, 3.8) is 0 Å². The van der Waals surface area contributed by atoms with Crippen LogP contribution in [0.15, 0.2) is 72.6 Å². The molecule has 8 rings (SSSR count). The number of hydrogen-bond acceptors (Lipinski definition) is 10. The van der Waals surface area contributed by atoms with E-state index in [4.69, 9.17) is 14.7 Å². The summed E-state index contributed by atoms with van der Waals surface area (Å²) in [5.41, 5.74) is 3.06. The van der Waals surface area contributed by atoms with Crippen molar-refractivity contribution in [3.05, 3.63) is 83.9 Å². The zero-order chi connectivity index (χ0) is 38.5. The van der Waals surface area contributed by atoms with Gasteiger partial charge in [0.15, 0.2) is 5.13 Å². The molecule has 2 aliphatic carbocycles. The first-order valence-corrected chi connectivity index (χ1v) is 21.5. The Morgan fingerprint density at radius 3 is 2.60 bits per heavy atom. The number of ether oxygens (including phenoxy) is 1. The predicted molar refractivity (Wildman–Crippen MR) is 212 cm³/mol. The third-order valence-electron chi connectivity index (χ3n) is 11.2. The van der Waals surface area contributed by atoms with Crippen LogP contribution in [0.4, 0.5) is 5.13 Å². The molecule has 1 saturated heterocycles. The molecule has 12 nitrogen and oxygen atoms in total. The van der Waals surface area contributed by atoms with E-state index in [1.807, 2.05) is 61.7 Å². The van der Waals surface area contributed by atoms with Gasteiger partial charge in [-0.25, -0.2) is 18.4 Å². The summed E-state index contributed by atoms with van der Waals surface area (Å²) in [6.07, 6.45) is 5.88. The number of carbonyl (C=O) groups excluding carboxylic acids is 3. The highest BCUT2D eigenvalue weighted by Gasteiger charge is 2.62. The number of aromatic nitrogens is 2. The number of nitrogens with one attached hydrogen (secondary N) is 3. The second kappa shape index (κ2) is 14.7. The molecule has 4 aromatic rings. The molecule has 2 aromatic carbocycles. The first-order chi connectivity index (χ1) is 26.4. The van der Waals surface area contributed by atoms with Crippen molar-refractivity contribution in [2.75, 3.05) is 11.9 Å². The Bertz CT molecular complexity index is 2260. The molecular formula is C41H46N6O6S2. The zero-order valence-electron chi connectivity index (χ0n) is 31.0. The maximum Gasteiger partial charge on any atom is 0.259 e. The van der Waals surface area contributed by atoms with Crippen LogP contribution in [0, 0.1) is 11.8 Å². The summed E-state index contributed by atoms with van der Waals surface area (Å²) >= 11 is 1.45. The van der Waals surface area contributed by atoms with E-state index in [2.05, 4.69) is 34.1 Å². The summed E-state index contributed by atoms with van der Waals surface area (Å²) in [6.45, 7) is 7.82. The first-order valence-electron chi connectivity index (χ1n) is 19.1. The van der Waals surface area contributed by atoms with Crippen molar-refractivity contribution in [1.82, 2.24) is 24.9 Å². The van der Waals surface area contributed by atoms with Gasteiger partial charge < -0.3 is 20.3 Å². The molecule has 6 bridgehead atoms. The highest BCUT2D eigenvalue weighted by molar-refractivity contribution is 7.91. The predicted octanol–water partition coefficient (Wildman–Crippen LogP) is 5.39. The monoisotopic (exact) mass is 782 g/mol. The van der Waals surface area contributed by atoms with Crippen LogP contribution in [0.3, 0.4) is 0 Å². The number of pyridine rings is 1. The quantitative estimate of drug-likeness (QED) is 0.199. The van der Waals surface area contributed by atoms with E-state index in [9.17, 15) is 22.8 Å². The maximum absolute atomic E-state index is 14.7. The molecule has 288 valence electrons. The Hall–Kier alpha value is -4.82. The average molecular weight is 783 g/mol. The molecule has 2 saturated carbocycles. The summed E-state index contributed by atoms with van der Waals surface area (Å²) in [5, 5.41) is 9.15. The Morgan fingerprint density at radius 2 is 1.87 bits per heavy atom. The molecule has 4 aliphatic rings. The molecule has 2 aromatic heterocycles. The number of nitrogens with zero attached hydrogens (tertiary/aromatic N) is 3. The third-order valence-corrected chi connectivity index (χ3v) is 13.8. The minimum absolute atomic E-state index is 0.106. The van der Waals surface area contributed by atoms with E-state index in [0.717, 1.165) is 59.1 Å². The van der Waals surface area contributed by atoms with Crippen molar-refractivity contribution in [3.8, 4) is 17.0 Å². The van der Waals surface area contributed by atoms with Crippen LogP contribution in [0.5, 0.6) is 5.75 Å². The second-order valence-corrected chi connectivity index (χ2v) is 18.4. The smallest absolute Gasteiger partial charge is 0.259 e. The standard InChI is InChI=1S/C41H46N6O6S2/c1-4-27-21-41(27,39(50)46-55(51,52)30-15-16-30)45-37(48)34-19-29-22-47(34)38(49)36(24(2)3)44-40-42-28(23-54-40)13-9-8-10-25-14-17-32-31(18-25)35(53-29)20-33(43-32)26-11-6-5-7-12-26/h4-7,11-12,14,17-18,20,23-24,27,29-30,34,36H,1,8-10,13,15-16,19,21-22H2,2-3H3,(H,42,44)(H,45,48)(H,46,50)/t27-,29-,34+,36+,41-/m1/s1. The molecule has 55 heavy (non-hydrogen) atoms. The van der Waals surface area contributed by atoms with E-state index in [0.29, 0.717) is 23.7 Å². The number of rotatable bonds is 8. The van der Waals surface area contributed by atoms with Gasteiger partial charge in [0.05, 0.1) is 28.7 Å². The fraction of sp³-hybridized carbons (Fsp3) is 0.439. The molecule has 14 heteroatoms. The van der Waals surface area contributed by atoms with Crippen LogP contribution in [0.2, 0.25) is 0 Å². The summed E-state index contributed by atoms with van der Waals surface area (Å²) < 4.78 is 34.6. The number of amides is 3. The SMILES string of the molecule is C=C[C@@H]1C[C@]1(NC(=O)[C@@H]1C[C@@H]2CN1C(=O)[C@H](C(C)C)Nc1nc(cs1)CCCCc1ccc3nc(-c4ccccc4)cc(c3c1)O2)C(=O)NS(=O)(=O)C1CC1. The summed E-state index contributed by atoms with van der Waals surface area (Å²) in [4.78, 5) is 54.1.